The van der Waals surface area contributed by atoms with Gasteiger partial charge in [-0.2, -0.15) is 0 Å². The Hall–Kier alpha value is -5.55. The number of carbonyl (C=O) groups excluding carboxylic acids is 1. The van der Waals surface area contributed by atoms with E-state index in [0.717, 1.165) is 92.9 Å². The zero-order valence-electron chi connectivity index (χ0n) is 40.7. The first kappa shape index (κ1) is 48.5. The number of nitrogens with zero attached hydrogens (tertiary/aromatic N) is 5. The molecule has 0 unspecified atom stereocenters. The number of pyridine rings is 1. The molecule has 2 aromatic heterocycles. The lowest BCUT2D eigenvalue weighted by molar-refractivity contribution is -0.384. The van der Waals surface area contributed by atoms with Crippen molar-refractivity contribution in [2.24, 2.45) is 17.1 Å². The maximum absolute atomic E-state index is 14.3. The summed E-state index contributed by atoms with van der Waals surface area (Å²) in [5.41, 5.74) is 9.98. The number of primary amides is 1. The van der Waals surface area contributed by atoms with Gasteiger partial charge in [-0.15, -0.1) is 0 Å². The predicted octanol–water partition coefficient (Wildman–Crippen LogP) is 9.16. The van der Waals surface area contributed by atoms with E-state index in [1.54, 1.807) is 13.2 Å². The summed E-state index contributed by atoms with van der Waals surface area (Å²) in [4.78, 5) is 35.4. The van der Waals surface area contributed by atoms with Gasteiger partial charge in [-0.3, -0.25) is 24.7 Å². The summed E-state index contributed by atoms with van der Waals surface area (Å²) < 4.78 is 40.4. The van der Waals surface area contributed by atoms with E-state index in [2.05, 4.69) is 82.2 Å². The summed E-state index contributed by atoms with van der Waals surface area (Å²) in [5, 5.41) is 26.7. The van der Waals surface area contributed by atoms with Crippen LogP contribution >= 0.6 is 0 Å². The molecule has 2 saturated heterocycles. The Bertz CT molecular complexity index is 2840. The Morgan fingerprint density at radius 3 is 2.45 bits per heavy atom. The van der Waals surface area contributed by atoms with Gasteiger partial charge in [0.25, 0.3) is 0 Å². The largest absolute Gasteiger partial charge is 0.493 e. The highest BCUT2D eigenvalue weighted by atomic mass is 32.2. The Balaban J connectivity index is 0.899. The SMILES string of the molecule is COc1ccc(CN2C[C@@H](c3ccccc3C(C)C)N(C3CC4(CCN(c5ccc(C(N)=O)c(S(=O)(=O)c6cnc(NCC7CCC(C)(O)CC7)c([N+](=O)[O-])c6)c5)CC4)C3)C[C@@H]2C)c2cc(C)oc12. The molecule has 2 atom stereocenters. The van der Waals surface area contributed by atoms with Crippen LogP contribution in [0, 0.1) is 28.4 Å². The molecule has 4 heterocycles. The monoisotopic (exact) mass is 961 g/mol. The van der Waals surface area contributed by atoms with Gasteiger partial charge < -0.3 is 30.2 Å². The lowest BCUT2D eigenvalue weighted by Gasteiger charge is -2.59. The molecule has 3 aromatic carbocycles. The number of fused-ring (bicyclic) bond motifs is 1. The highest BCUT2D eigenvalue weighted by Gasteiger charge is 2.51. The van der Waals surface area contributed by atoms with E-state index in [1.807, 2.05) is 19.9 Å². The van der Waals surface area contributed by atoms with Gasteiger partial charge in [-0.05, 0) is 136 Å². The molecular weight excluding hydrogens is 895 g/mol. The number of aryl methyl sites for hydroxylation is 1. The molecule has 2 aliphatic heterocycles. The van der Waals surface area contributed by atoms with Gasteiger partial charge in [-0.1, -0.05) is 44.2 Å². The number of hydrogen-bond acceptors (Lipinski definition) is 13. The number of methoxy groups -OCH3 is 1. The van der Waals surface area contributed by atoms with Crippen molar-refractivity contribution in [3.63, 3.8) is 0 Å². The third-order valence-electron chi connectivity index (χ3n) is 15.9. The van der Waals surface area contributed by atoms with Gasteiger partial charge >= 0.3 is 5.69 Å². The minimum Gasteiger partial charge on any atom is -0.493 e. The van der Waals surface area contributed by atoms with Crippen LogP contribution in [-0.4, -0.2) is 96.7 Å². The minimum absolute atomic E-state index is 0.0375. The lowest BCUT2D eigenvalue weighted by atomic mass is 9.59. The molecule has 2 aliphatic carbocycles. The number of piperazine rings is 1. The van der Waals surface area contributed by atoms with Gasteiger partial charge in [0.2, 0.25) is 21.6 Å². The number of amides is 1. The van der Waals surface area contributed by atoms with Crippen molar-refractivity contribution in [1.82, 2.24) is 14.8 Å². The smallest absolute Gasteiger partial charge is 0.312 e. The van der Waals surface area contributed by atoms with Crippen molar-refractivity contribution in [2.45, 2.75) is 132 Å². The van der Waals surface area contributed by atoms with Crippen molar-refractivity contribution in [3.8, 4) is 5.75 Å². The van der Waals surface area contributed by atoms with E-state index in [-0.39, 0.29) is 33.7 Å². The minimum atomic E-state index is -4.48. The number of furan rings is 1. The number of rotatable bonds is 14. The van der Waals surface area contributed by atoms with Crippen molar-refractivity contribution in [3.05, 3.63) is 111 Å². The molecule has 15 nitrogen and oxygen atoms in total. The summed E-state index contributed by atoms with van der Waals surface area (Å²) in [6.07, 6.45) is 7.90. The van der Waals surface area contributed by atoms with Gasteiger partial charge in [0.1, 0.15) is 5.76 Å². The number of hydrogen-bond donors (Lipinski definition) is 3. The number of sulfone groups is 1. The average Bonchev–Trinajstić information content (AvgIpc) is 3.72. The Kier molecular flexibility index (Phi) is 13.3. The van der Waals surface area contributed by atoms with Crippen LogP contribution in [0.4, 0.5) is 17.2 Å². The van der Waals surface area contributed by atoms with E-state index in [9.17, 15) is 28.4 Å². The summed E-state index contributed by atoms with van der Waals surface area (Å²) >= 11 is 0. The third-order valence-corrected chi connectivity index (χ3v) is 17.7. The van der Waals surface area contributed by atoms with Crippen molar-refractivity contribution in [2.75, 3.05) is 50.1 Å². The van der Waals surface area contributed by atoms with Crippen LogP contribution in [0.3, 0.4) is 0 Å². The van der Waals surface area contributed by atoms with Crippen molar-refractivity contribution >= 4 is 43.9 Å². The molecule has 1 amide bonds. The fourth-order valence-electron chi connectivity index (χ4n) is 11.8. The molecule has 4 N–H and O–H groups in total. The fourth-order valence-corrected chi connectivity index (χ4v) is 13.2. The van der Waals surface area contributed by atoms with E-state index in [4.69, 9.17) is 14.9 Å². The second-order valence-corrected chi connectivity index (χ2v) is 22.9. The molecule has 0 radical (unpaired) electrons. The number of ether oxygens (including phenoxy) is 1. The standard InChI is InChI=1S/C53H67N7O8S/c1-33(2)41-9-7-8-10-42(41)46-32-58(31-37-11-14-47(67-6)49-44(37)23-35(4)68-49)34(3)30-59(46)39-26-53(27-39)19-21-57(22-20-53)38-12-13-43(50(54)61)48(24-38)69(65,66)40-25-45(60(63)64)51(56-29-40)55-28-36-15-17-52(5,62)18-16-36/h7-14,23-25,29,33-34,36,39,46,62H,15-22,26-28,30-32H2,1-6H3,(H2,54,61)(H,55,56)/t34-,36?,46-,52?/m0/s1. The fraction of sp³-hybridized carbons (Fsp3) is 0.509. The first-order chi connectivity index (χ1) is 32.8. The number of nitrogens with one attached hydrogen (secondary N) is 1. The highest BCUT2D eigenvalue weighted by Crippen LogP contribution is 2.54. The van der Waals surface area contributed by atoms with Crippen LogP contribution in [0.2, 0.25) is 0 Å². The second-order valence-electron chi connectivity index (χ2n) is 21.0. The lowest BCUT2D eigenvalue weighted by Crippen LogP contribution is -2.61. The predicted molar refractivity (Wildman–Crippen MR) is 267 cm³/mol. The van der Waals surface area contributed by atoms with Crippen LogP contribution in [-0.2, 0) is 16.4 Å². The molecule has 5 aromatic rings. The topological polar surface area (TPSA) is 198 Å². The molecule has 0 bridgehead atoms. The Labute approximate surface area is 405 Å². The van der Waals surface area contributed by atoms with E-state index < -0.39 is 36.9 Å². The molecule has 4 aliphatic rings. The van der Waals surface area contributed by atoms with E-state index in [0.29, 0.717) is 56.2 Å². The van der Waals surface area contributed by atoms with E-state index in [1.165, 1.54) is 28.8 Å². The molecule has 2 saturated carbocycles. The first-order valence-electron chi connectivity index (χ1n) is 24.5. The van der Waals surface area contributed by atoms with Gasteiger partial charge in [0, 0.05) is 80.7 Å². The van der Waals surface area contributed by atoms with Crippen LogP contribution in [0.5, 0.6) is 5.75 Å². The first-order valence-corrected chi connectivity index (χ1v) is 26.0. The summed E-state index contributed by atoms with van der Waals surface area (Å²) in [7, 11) is -2.80. The summed E-state index contributed by atoms with van der Waals surface area (Å²) in [6.45, 7) is 15.2. The number of anilines is 2. The number of piperidine rings is 1. The third kappa shape index (κ3) is 9.69. The average molecular weight is 962 g/mol. The van der Waals surface area contributed by atoms with Crippen LogP contribution in [0.1, 0.15) is 124 Å². The van der Waals surface area contributed by atoms with Gasteiger partial charge in [-0.25, -0.2) is 13.4 Å². The summed E-state index contributed by atoms with van der Waals surface area (Å²) in [6, 6.07) is 21.9. The number of aliphatic hydroxyl groups is 1. The summed E-state index contributed by atoms with van der Waals surface area (Å²) in [5.74, 6) is 1.21. The number of nitro groups is 1. The molecule has 9 rings (SSSR count). The van der Waals surface area contributed by atoms with Crippen LogP contribution in [0.25, 0.3) is 11.0 Å². The van der Waals surface area contributed by atoms with Crippen molar-refractivity contribution < 1.29 is 32.4 Å². The quantitative estimate of drug-likeness (QED) is 0.0704. The molecular formula is C53H67N7O8S. The number of aromatic nitrogens is 1. The Morgan fingerprint density at radius 2 is 1.77 bits per heavy atom. The van der Waals surface area contributed by atoms with Gasteiger partial charge in [0.15, 0.2) is 11.3 Å². The second kappa shape index (κ2) is 19.0. The molecule has 1 spiro atoms. The molecule has 4 fully saturated rings. The van der Waals surface area contributed by atoms with Crippen LogP contribution in [0.15, 0.2) is 87.1 Å². The maximum Gasteiger partial charge on any atom is 0.312 e. The van der Waals surface area contributed by atoms with Gasteiger partial charge in [0.05, 0.1) is 33.0 Å². The Morgan fingerprint density at radius 1 is 1.04 bits per heavy atom. The molecule has 69 heavy (non-hydrogen) atoms. The number of nitrogens with two attached hydrogens (primary N) is 1. The number of carbonyl (C=O) groups is 1. The normalized spacial score (nSPS) is 23.6. The molecule has 16 heteroatoms. The van der Waals surface area contributed by atoms with Crippen LogP contribution < -0.4 is 20.7 Å². The van der Waals surface area contributed by atoms with Crippen molar-refractivity contribution in [1.29, 1.82) is 0 Å². The zero-order chi connectivity index (χ0) is 49.0. The highest BCUT2D eigenvalue weighted by molar-refractivity contribution is 7.91. The number of benzene rings is 3. The maximum atomic E-state index is 14.3. The van der Waals surface area contributed by atoms with E-state index >= 15 is 0 Å². The molecule has 368 valence electrons. The zero-order valence-corrected chi connectivity index (χ0v) is 41.6.